The quantitative estimate of drug-likeness (QED) is 0.866. The minimum Gasteiger partial charge on any atom is -0.385 e. The van der Waals surface area contributed by atoms with Gasteiger partial charge in [-0.05, 0) is 30.2 Å². The van der Waals surface area contributed by atoms with E-state index < -0.39 is 11.7 Å². The Kier molecular flexibility index (Phi) is 4.10. The molecule has 1 N–H and O–H groups in total. The molecular weight excluding hydrogens is 251 g/mol. The van der Waals surface area contributed by atoms with Crippen LogP contribution in [0.15, 0.2) is 54.6 Å². The summed E-state index contributed by atoms with van der Waals surface area (Å²) < 4.78 is 38.3. The molecule has 0 aliphatic rings. The van der Waals surface area contributed by atoms with E-state index in [9.17, 15) is 13.2 Å². The number of hydrogen-bond donors (Lipinski definition) is 1. The normalized spacial score (nSPS) is 11.3. The average molecular weight is 265 g/mol. The van der Waals surface area contributed by atoms with Gasteiger partial charge in [-0.25, -0.2) is 0 Å². The lowest BCUT2D eigenvalue weighted by atomic mass is 10.0. The summed E-state index contributed by atoms with van der Waals surface area (Å²) in [5.41, 5.74) is 0.676. The van der Waals surface area contributed by atoms with Crippen LogP contribution < -0.4 is 5.32 Å². The zero-order chi connectivity index (χ0) is 13.7. The van der Waals surface area contributed by atoms with Crippen LogP contribution in [0.25, 0.3) is 0 Å². The van der Waals surface area contributed by atoms with Crippen molar-refractivity contribution in [2.45, 2.75) is 12.6 Å². The molecule has 1 nitrogen and oxygen atoms in total. The van der Waals surface area contributed by atoms with Crippen molar-refractivity contribution in [3.63, 3.8) is 0 Å². The highest BCUT2D eigenvalue weighted by molar-refractivity contribution is 5.42. The smallest absolute Gasteiger partial charge is 0.385 e. The molecular formula is C15H14F3N. The Morgan fingerprint density at radius 2 is 1.47 bits per heavy atom. The number of anilines is 1. The predicted octanol–water partition coefficient (Wildman–Crippen LogP) is 4.36. The number of nitrogens with one attached hydrogen (secondary N) is 1. The number of para-hydroxylation sites is 1. The lowest BCUT2D eigenvalue weighted by Gasteiger charge is -2.13. The van der Waals surface area contributed by atoms with E-state index in [-0.39, 0.29) is 0 Å². The first-order valence-corrected chi connectivity index (χ1v) is 6.01. The second-order valence-electron chi connectivity index (χ2n) is 4.20. The number of rotatable bonds is 4. The highest BCUT2D eigenvalue weighted by Gasteiger charge is 2.32. The maximum Gasteiger partial charge on any atom is 0.416 e. The van der Waals surface area contributed by atoms with Gasteiger partial charge in [-0.3, -0.25) is 0 Å². The summed E-state index contributed by atoms with van der Waals surface area (Å²) in [5.74, 6) is 0. The second-order valence-corrected chi connectivity index (χ2v) is 4.20. The van der Waals surface area contributed by atoms with Gasteiger partial charge in [-0.1, -0.05) is 36.4 Å². The molecule has 2 aromatic carbocycles. The van der Waals surface area contributed by atoms with Crippen molar-refractivity contribution < 1.29 is 13.2 Å². The number of hydrogen-bond acceptors (Lipinski definition) is 1. The Balaban J connectivity index is 2.00. The van der Waals surface area contributed by atoms with Gasteiger partial charge >= 0.3 is 6.18 Å². The molecule has 2 aromatic rings. The van der Waals surface area contributed by atoms with Crippen molar-refractivity contribution in [1.29, 1.82) is 0 Å². The van der Waals surface area contributed by atoms with Gasteiger partial charge in [0.05, 0.1) is 5.56 Å². The van der Waals surface area contributed by atoms with E-state index in [1.807, 2.05) is 30.3 Å². The van der Waals surface area contributed by atoms with Crippen LogP contribution >= 0.6 is 0 Å². The molecule has 0 aliphatic heterocycles. The summed E-state index contributed by atoms with van der Waals surface area (Å²) in [5, 5.41) is 3.10. The van der Waals surface area contributed by atoms with Crippen LogP contribution in [0.5, 0.6) is 0 Å². The molecule has 0 atom stereocenters. The van der Waals surface area contributed by atoms with Crippen LogP contribution in [0, 0.1) is 0 Å². The predicted molar refractivity (Wildman–Crippen MR) is 70.1 cm³/mol. The summed E-state index contributed by atoms with van der Waals surface area (Å²) in [6.07, 6.45) is -3.95. The van der Waals surface area contributed by atoms with Crippen LogP contribution in [-0.2, 0) is 12.6 Å². The molecule has 0 amide bonds. The van der Waals surface area contributed by atoms with Crippen molar-refractivity contribution in [2.75, 3.05) is 11.9 Å². The van der Waals surface area contributed by atoms with Crippen molar-refractivity contribution in [1.82, 2.24) is 0 Å². The van der Waals surface area contributed by atoms with Crippen LogP contribution in [-0.4, -0.2) is 6.54 Å². The Morgan fingerprint density at radius 1 is 0.842 bits per heavy atom. The van der Waals surface area contributed by atoms with E-state index in [0.29, 0.717) is 18.5 Å². The summed E-state index contributed by atoms with van der Waals surface area (Å²) in [4.78, 5) is 0. The lowest BCUT2D eigenvalue weighted by molar-refractivity contribution is -0.138. The molecule has 0 heterocycles. The fourth-order valence-electron chi connectivity index (χ4n) is 1.91. The highest BCUT2D eigenvalue weighted by Crippen LogP contribution is 2.31. The van der Waals surface area contributed by atoms with Crippen LogP contribution in [0.4, 0.5) is 18.9 Å². The Labute approximate surface area is 110 Å². The highest BCUT2D eigenvalue weighted by atomic mass is 19.4. The topological polar surface area (TPSA) is 12.0 Å². The summed E-state index contributed by atoms with van der Waals surface area (Å²) in [6, 6.07) is 15.1. The maximum absolute atomic E-state index is 12.8. The third-order valence-electron chi connectivity index (χ3n) is 2.82. The molecule has 0 unspecified atom stereocenters. The first kappa shape index (κ1) is 13.5. The first-order valence-electron chi connectivity index (χ1n) is 6.01. The van der Waals surface area contributed by atoms with Gasteiger partial charge < -0.3 is 5.32 Å². The fourth-order valence-corrected chi connectivity index (χ4v) is 1.91. The Hall–Kier alpha value is -1.97. The molecule has 0 radical (unpaired) electrons. The van der Waals surface area contributed by atoms with E-state index in [2.05, 4.69) is 5.32 Å². The largest absolute Gasteiger partial charge is 0.416 e. The minimum atomic E-state index is -4.29. The van der Waals surface area contributed by atoms with Crippen LogP contribution in [0.2, 0.25) is 0 Å². The van der Waals surface area contributed by atoms with E-state index >= 15 is 0 Å². The number of benzene rings is 2. The van der Waals surface area contributed by atoms with Gasteiger partial charge in [0.1, 0.15) is 0 Å². The molecule has 0 aromatic heterocycles. The second kappa shape index (κ2) is 5.78. The first-order chi connectivity index (χ1) is 9.07. The van der Waals surface area contributed by atoms with Crippen molar-refractivity contribution in [3.05, 3.63) is 65.7 Å². The molecule has 0 spiro atoms. The van der Waals surface area contributed by atoms with Crippen LogP contribution in [0.3, 0.4) is 0 Å². The van der Waals surface area contributed by atoms with Gasteiger partial charge in [-0.2, -0.15) is 13.2 Å². The zero-order valence-corrected chi connectivity index (χ0v) is 10.2. The Bertz CT molecular complexity index is 520. The lowest BCUT2D eigenvalue weighted by Crippen LogP contribution is -2.12. The van der Waals surface area contributed by atoms with Gasteiger partial charge in [-0.15, -0.1) is 0 Å². The zero-order valence-electron chi connectivity index (χ0n) is 10.2. The van der Waals surface area contributed by atoms with Crippen molar-refractivity contribution >= 4 is 5.69 Å². The van der Waals surface area contributed by atoms with Gasteiger partial charge in [0.15, 0.2) is 0 Å². The fraction of sp³-hybridized carbons (Fsp3) is 0.200. The molecule has 100 valence electrons. The minimum absolute atomic E-state index is 0.318. The summed E-state index contributed by atoms with van der Waals surface area (Å²) in [6.45, 7) is 0.469. The van der Waals surface area contributed by atoms with Gasteiger partial charge in [0.25, 0.3) is 0 Å². The van der Waals surface area contributed by atoms with E-state index in [1.54, 1.807) is 6.07 Å². The molecule has 0 saturated carbocycles. The third-order valence-corrected chi connectivity index (χ3v) is 2.82. The number of halogens is 3. The standard InChI is InChI=1S/C15H14F3N/c16-15(17,18)14-9-5-4-6-12(14)10-11-19-13-7-2-1-3-8-13/h1-9,19H,10-11H2. The van der Waals surface area contributed by atoms with E-state index in [4.69, 9.17) is 0 Å². The van der Waals surface area contributed by atoms with E-state index in [1.165, 1.54) is 12.1 Å². The number of alkyl halides is 3. The monoisotopic (exact) mass is 265 g/mol. The average Bonchev–Trinajstić information content (AvgIpc) is 2.39. The van der Waals surface area contributed by atoms with Crippen molar-refractivity contribution in [2.24, 2.45) is 0 Å². The molecule has 2 rings (SSSR count). The molecule has 19 heavy (non-hydrogen) atoms. The molecule has 0 bridgehead atoms. The summed E-state index contributed by atoms with van der Waals surface area (Å²) >= 11 is 0. The summed E-state index contributed by atoms with van der Waals surface area (Å²) in [7, 11) is 0. The third kappa shape index (κ3) is 3.74. The van der Waals surface area contributed by atoms with Crippen LogP contribution in [0.1, 0.15) is 11.1 Å². The van der Waals surface area contributed by atoms with E-state index in [0.717, 1.165) is 11.8 Å². The van der Waals surface area contributed by atoms with Gasteiger partial charge in [0, 0.05) is 12.2 Å². The Morgan fingerprint density at radius 3 is 2.16 bits per heavy atom. The van der Waals surface area contributed by atoms with Crippen molar-refractivity contribution in [3.8, 4) is 0 Å². The molecule has 4 heteroatoms. The maximum atomic E-state index is 12.8. The molecule has 0 saturated heterocycles. The molecule has 0 aliphatic carbocycles. The SMILES string of the molecule is FC(F)(F)c1ccccc1CCNc1ccccc1. The molecule has 0 fully saturated rings. The van der Waals surface area contributed by atoms with Gasteiger partial charge in [0.2, 0.25) is 0 Å².